The molecule has 2 aromatic carbocycles. The molecule has 0 saturated heterocycles. The van der Waals surface area contributed by atoms with Crippen molar-refractivity contribution in [2.45, 2.75) is 0 Å². The van der Waals surface area contributed by atoms with Crippen molar-refractivity contribution in [1.29, 1.82) is 0 Å². The van der Waals surface area contributed by atoms with Crippen molar-refractivity contribution < 1.29 is 27.0 Å². The van der Waals surface area contributed by atoms with Gasteiger partial charge in [0.15, 0.2) is 28.4 Å². The number of rotatable bonds is 4. The van der Waals surface area contributed by atoms with Crippen molar-refractivity contribution in [2.75, 3.05) is 24.9 Å². The molecule has 134 valence electrons. The zero-order valence-corrected chi connectivity index (χ0v) is 15.2. The molecule has 0 spiro atoms. The van der Waals surface area contributed by atoms with Crippen molar-refractivity contribution in [3.8, 4) is 11.5 Å². The van der Waals surface area contributed by atoms with Gasteiger partial charge < -0.3 is 20.1 Å². The highest BCUT2D eigenvalue weighted by Gasteiger charge is 2.24. The number of ether oxygens (including phenoxy) is 2. The van der Waals surface area contributed by atoms with E-state index in [1.54, 1.807) is 6.07 Å². The molecule has 0 unspecified atom stereocenters. The first-order chi connectivity index (χ1) is 11.8. The third-order valence-corrected chi connectivity index (χ3v) is 3.96. The Balaban J connectivity index is 2.27. The summed E-state index contributed by atoms with van der Waals surface area (Å²) >= 11 is 7.35. The number of hydrogen-bond donors (Lipinski definition) is 2. The van der Waals surface area contributed by atoms with Gasteiger partial charge in [-0.3, -0.25) is 0 Å². The van der Waals surface area contributed by atoms with Crippen LogP contribution in [-0.4, -0.2) is 19.3 Å². The maximum atomic E-state index is 13.8. The molecule has 0 radical (unpaired) electrons. The third kappa shape index (κ3) is 4.13. The molecule has 0 saturated carbocycles. The van der Waals surface area contributed by atoms with E-state index in [1.807, 2.05) is 0 Å². The van der Waals surface area contributed by atoms with Crippen LogP contribution in [0.5, 0.6) is 11.5 Å². The van der Waals surface area contributed by atoms with E-state index < -0.39 is 33.4 Å². The number of anilines is 2. The molecule has 2 N–H and O–H groups in total. The molecule has 0 aromatic heterocycles. The second-order valence-electron chi connectivity index (χ2n) is 4.63. The molecule has 0 amide bonds. The zero-order valence-electron chi connectivity index (χ0n) is 12.8. The average molecular weight is 439 g/mol. The Kier molecular flexibility index (Phi) is 6.07. The number of thiocarbonyl (C=S) groups is 1. The number of halogens is 5. The molecule has 0 heterocycles. The molecular formula is C15H11BrF4N2O2S. The van der Waals surface area contributed by atoms with Crippen LogP contribution in [0.15, 0.2) is 22.7 Å². The van der Waals surface area contributed by atoms with Crippen molar-refractivity contribution in [2.24, 2.45) is 0 Å². The maximum absolute atomic E-state index is 13.8. The Hall–Kier alpha value is -2.07. The van der Waals surface area contributed by atoms with E-state index in [0.717, 1.165) is 0 Å². The predicted octanol–water partition coefficient (Wildman–Crippen LogP) is 4.83. The first-order valence-corrected chi connectivity index (χ1v) is 7.81. The normalized spacial score (nSPS) is 10.4. The number of benzene rings is 2. The lowest BCUT2D eigenvalue weighted by molar-refractivity contribution is 0.395. The molecule has 2 aromatic rings. The molecule has 0 atom stereocenters. The van der Waals surface area contributed by atoms with Gasteiger partial charge in [-0.2, -0.15) is 0 Å². The van der Waals surface area contributed by atoms with E-state index in [2.05, 4.69) is 26.6 Å². The fourth-order valence-electron chi connectivity index (χ4n) is 1.87. The van der Waals surface area contributed by atoms with Crippen LogP contribution < -0.4 is 20.1 Å². The van der Waals surface area contributed by atoms with Crippen LogP contribution in [0.2, 0.25) is 0 Å². The highest BCUT2D eigenvalue weighted by Crippen LogP contribution is 2.32. The maximum Gasteiger partial charge on any atom is 0.186 e. The van der Waals surface area contributed by atoms with Crippen molar-refractivity contribution >= 4 is 44.6 Å². The molecule has 2 rings (SSSR count). The molecule has 0 aliphatic rings. The van der Waals surface area contributed by atoms with Gasteiger partial charge in [-0.1, -0.05) is 0 Å². The Morgan fingerprint density at radius 2 is 1.36 bits per heavy atom. The number of methoxy groups -OCH3 is 2. The summed E-state index contributed by atoms with van der Waals surface area (Å²) < 4.78 is 64.0. The minimum Gasteiger partial charge on any atom is -0.497 e. The zero-order chi connectivity index (χ0) is 18.7. The monoisotopic (exact) mass is 438 g/mol. The molecule has 0 aliphatic heterocycles. The Bertz CT molecular complexity index is 784. The van der Waals surface area contributed by atoms with Gasteiger partial charge in [0, 0.05) is 23.9 Å². The van der Waals surface area contributed by atoms with Gasteiger partial charge in [-0.25, -0.2) is 17.6 Å². The summed E-state index contributed by atoms with van der Waals surface area (Å²) in [7, 11) is 2.88. The molecule has 4 nitrogen and oxygen atoms in total. The van der Waals surface area contributed by atoms with Gasteiger partial charge >= 0.3 is 0 Å². The lowest BCUT2D eigenvalue weighted by Crippen LogP contribution is -2.21. The van der Waals surface area contributed by atoms with E-state index in [4.69, 9.17) is 21.7 Å². The van der Waals surface area contributed by atoms with Gasteiger partial charge in [0.2, 0.25) is 0 Å². The number of nitrogens with one attached hydrogen (secondary N) is 2. The first-order valence-electron chi connectivity index (χ1n) is 6.61. The highest BCUT2D eigenvalue weighted by atomic mass is 79.9. The molecule has 0 bridgehead atoms. The third-order valence-electron chi connectivity index (χ3n) is 3.06. The van der Waals surface area contributed by atoms with E-state index >= 15 is 0 Å². The van der Waals surface area contributed by atoms with E-state index in [-0.39, 0.29) is 5.11 Å². The van der Waals surface area contributed by atoms with Crippen molar-refractivity contribution in [1.82, 2.24) is 0 Å². The van der Waals surface area contributed by atoms with Gasteiger partial charge in [-0.05, 0) is 28.1 Å². The minimum atomic E-state index is -1.61. The van der Waals surface area contributed by atoms with Crippen LogP contribution in [0.25, 0.3) is 0 Å². The topological polar surface area (TPSA) is 42.5 Å². The van der Waals surface area contributed by atoms with Gasteiger partial charge in [0.1, 0.15) is 17.2 Å². The smallest absolute Gasteiger partial charge is 0.186 e. The summed E-state index contributed by atoms with van der Waals surface area (Å²) in [6, 6.07) is 4.67. The average Bonchev–Trinajstić information content (AvgIpc) is 2.61. The molecule has 25 heavy (non-hydrogen) atoms. The Morgan fingerprint density at radius 1 is 0.880 bits per heavy atom. The molecule has 0 fully saturated rings. The van der Waals surface area contributed by atoms with Crippen LogP contribution in [0, 0.1) is 23.3 Å². The largest absolute Gasteiger partial charge is 0.497 e. The molecule has 10 heteroatoms. The second kappa shape index (κ2) is 7.87. The van der Waals surface area contributed by atoms with Crippen LogP contribution in [-0.2, 0) is 0 Å². The summed E-state index contributed by atoms with van der Waals surface area (Å²) in [6.07, 6.45) is 0. The van der Waals surface area contributed by atoms with E-state index in [9.17, 15) is 17.6 Å². The van der Waals surface area contributed by atoms with E-state index in [0.29, 0.717) is 17.2 Å². The van der Waals surface area contributed by atoms with Crippen LogP contribution >= 0.6 is 28.1 Å². The first kappa shape index (κ1) is 19.3. The SMILES string of the molecule is COc1cc(NC(=S)Nc2c(F)c(F)c(Br)c(F)c2F)cc(OC)c1. The molecular weight excluding hydrogens is 428 g/mol. The van der Waals surface area contributed by atoms with E-state index in [1.165, 1.54) is 26.4 Å². The Labute approximate surface area is 154 Å². The van der Waals surface area contributed by atoms with Crippen molar-refractivity contribution in [3.63, 3.8) is 0 Å². The van der Waals surface area contributed by atoms with Crippen LogP contribution in [0.4, 0.5) is 28.9 Å². The standard InChI is InChI=1S/C15H11BrF4N2O2S/c1-23-7-3-6(4-8(5-7)24-2)21-15(25)22-14-12(19)10(17)9(16)11(18)13(14)20/h3-5H,1-2H3,(H2,21,22,25). The quantitative estimate of drug-likeness (QED) is 0.309. The van der Waals surface area contributed by atoms with Gasteiger partial charge in [0.05, 0.1) is 18.7 Å². The fourth-order valence-corrected chi connectivity index (χ4v) is 2.44. The van der Waals surface area contributed by atoms with Crippen LogP contribution in [0.1, 0.15) is 0 Å². The van der Waals surface area contributed by atoms with Gasteiger partial charge in [0.25, 0.3) is 0 Å². The van der Waals surface area contributed by atoms with Crippen LogP contribution in [0.3, 0.4) is 0 Å². The summed E-state index contributed by atoms with van der Waals surface area (Å²) in [5.41, 5.74) is -0.682. The van der Waals surface area contributed by atoms with Crippen molar-refractivity contribution in [3.05, 3.63) is 45.9 Å². The Morgan fingerprint density at radius 3 is 1.80 bits per heavy atom. The predicted molar refractivity (Wildman–Crippen MR) is 93.4 cm³/mol. The minimum absolute atomic E-state index is 0.297. The summed E-state index contributed by atoms with van der Waals surface area (Å²) in [6.45, 7) is 0. The summed E-state index contributed by atoms with van der Waals surface area (Å²) in [4.78, 5) is 0. The highest BCUT2D eigenvalue weighted by molar-refractivity contribution is 9.10. The lowest BCUT2D eigenvalue weighted by atomic mass is 10.2. The summed E-state index contributed by atoms with van der Waals surface area (Å²) in [5.74, 6) is -5.51. The fraction of sp³-hybridized carbons (Fsp3) is 0.133. The summed E-state index contributed by atoms with van der Waals surface area (Å²) in [5, 5.41) is 4.42. The number of hydrogen-bond acceptors (Lipinski definition) is 3. The second-order valence-corrected chi connectivity index (χ2v) is 5.83. The molecule has 0 aliphatic carbocycles. The lowest BCUT2D eigenvalue weighted by Gasteiger charge is -2.14. The van der Waals surface area contributed by atoms with Gasteiger partial charge in [-0.15, -0.1) is 0 Å².